The number of carbonyl (C=O) groups is 3. The zero-order valence-corrected chi connectivity index (χ0v) is 30.4. The molecule has 2 aliphatic carbocycles. The maximum absolute atomic E-state index is 13.7. The summed E-state index contributed by atoms with van der Waals surface area (Å²) in [6.45, 7) is 2.66. The maximum Gasteiger partial charge on any atom is 0.251 e. The van der Waals surface area contributed by atoms with Crippen molar-refractivity contribution in [2.75, 3.05) is 26.0 Å². The summed E-state index contributed by atoms with van der Waals surface area (Å²) in [7, 11) is 4.24. The minimum atomic E-state index is -0.778. The summed E-state index contributed by atoms with van der Waals surface area (Å²) in [6.07, 6.45) is 7.88. The molecule has 1 heterocycles. The van der Waals surface area contributed by atoms with E-state index in [0.29, 0.717) is 42.0 Å². The van der Waals surface area contributed by atoms with Gasteiger partial charge in [0.1, 0.15) is 6.04 Å². The maximum atomic E-state index is 13.7. The molecule has 0 spiro atoms. The molecule has 0 saturated heterocycles. The largest absolute Gasteiger partial charge is 0.349 e. The number of hydrogen-bond donors (Lipinski definition) is 5. The lowest BCUT2D eigenvalue weighted by Gasteiger charge is -2.33. The van der Waals surface area contributed by atoms with Crippen molar-refractivity contribution < 1.29 is 14.4 Å². The number of nitrogens with one attached hydrogen (secondary N) is 4. The van der Waals surface area contributed by atoms with Crippen LogP contribution in [0.5, 0.6) is 0 Å². The van der Waals surface area contributed by atoms with Gasteiger partial charge >= 0.3 is 0 Å². The lowest BCUT2D eigenvalue weighted by molar-refractivity contribution is -0.130. The minimum absolute atomic E-state index is 0.0278. The lowest BCUT2D eigenvalue weighted by atomic mass is 9.81. The van der Waals surface area contributed by atoms with Gasteiger partial charge in [0, 0.05) is 41.2 Å². The van der Waals surface area contributed by atoms with E-state index in [0.717, 1.165) is 79.2 Å². The van der Waals surface area contributed by atoms with Crippen LogP contribution in [0.4, 0.5) is 5.69 Å². The Kier molecular flexibility index (Phi) is 12.1. The highest BCUT2D eigenvalue weighted by Crippen LogP contribution is 2.29. The molecule has 6 N–H and O–H groups in total. The number of tetrazole rings is 1. The number of carbonyl (C=O) groups excluding carboxylic acids is 3. The first-order valence-corrected chi connectivity index (χ1v) is 18.5. The molecule has 3 aromatic carbocycles. The van der Waals surface area contributed by atoms with Crippen LogP contribution in [0, 0.1) is 18.8 Å². The number of amides is 3. The molecule has 1 aromatic heterocycles. The van der Waals surface area contributed by atoms with Crippen LogP contribution in [0.1, 0.15) is 72.9 Å². The molecule has 12 heteroatoms. The molecule has 4 aromatic rings. The smallest absolute Gasteiger partial charge is 0.251 e. The van der Waals surface area contributed by atoms with Gasteiger partial charge in [0.15, 0.2) is 0 Å². The normalized spacial score (nSPS) is 20.9. The molecule has 274 valence electrons. The van der Waals surface area contributed by atoms with Crippen molar-refractivity contribution in [2.24, 2.45) is 17.6 Å². The van der Waals surface area contributed by atoms with Crippen LogP contribution < -0.4 is 21.7 Å². The van der Waals surface area contributed by atoms with Gasteiger partial charge in [-0.05, 0) is 149 Å². The number of nitrogens with two attached hydrogens (primary N) is 1. The average Bonchev–Trinajstić information content (AvgIpc) is 3.71. The Hall–Kier alpha value is -4.94. The van der Waals surface area contributed by atoms with Gasteiger partial charge in [-0.25, -0.2) is 0 Å². The third kappa shape index (κ3) is 9.29. The van der Waals surface area contributed by atoms with E-state index >= 15 is 0 Å². The van der Waals surface area contributed by atoms with E-state index in [1.165, 1.54) is 0 Å². The molecule has 0 radical (unpaired) electrons. The number of aromatic amines is 1. The van der Waals surface area contributed by atoms with Crippen LogP contribution >= 0.6 is 0 Å². The molecule has 0 aliphatic heterocycles. The van der Waals surface area contributed by atoms with Gasteiger partial charge < -0.3 is 26.6 Å². The number of H-pyrrole nitrogens is 1. The van der Waals surface area contributed by atoms with E-state index in [4.69, 9.17) is 5.73 Å². The van der Waals surface area contributed by atoms with Crippen LogP contribution in [0.3, 0.4) is 0 Å². The predicted molar refractivity (Wildman–Crippen MR) is 202 cm³/mol. The van der Waals surface area contributed by atoms with Crippen LogP contribution in [-0.2, 0) is 16.0 Å². The van der Waals surface area contributed by atoms with Crippen molar-refractivity contribution in [2.45, 2.75) is 82.8 Å². The Balaban J connectivity index is 1.11. The second kappa shape index (κ2) is 17.1. The molecular formula is C40H51N9O3. The van der Waals surface area contributed by atoms with Crippen LogP contribution in [0.25, 0.3) is 22.5 Å². The highest BCUT2D eigenvalue weighted by atomic mass is 16.2. The van der Waals surface area contributed by atoms with E-state index in [2.05, 4.69) is 55.6 Å². The zero-order chi connectivity index (χ0) is 36.6. The van der Waals surface area contributed by atoms with Crippen molar-refractivity contribution >= 4 is 23.4 Å². The van der Waals surface area contributed by atoms with Gasteiger partial charge in [-0.2, -0.15) is 5.21 Å². The molecular weight excluding hydrogens is 654 g/mol. The number of nitrogens with zero attached hydrogens (tertiary/aromatic N) is 4. The van der Waals surface area contributed by atoms with Gasteiger partial charge in [0.05, 0.1) is 0 Å². The molecule has 6 rings (SSSR count). The molecule has 2 aliphatic rings. The molecule has 3 amide bonds. The Bertz CT molecular complexity index is 1790. The number of anilines is 1. The molecule has 0 bridgehead atoms. The van der Waals surface area contributed by atoms with Crippen molar-refractivity contribution in [1.82, 2.24) is 36.2 Å². The molecule has 12 nitrogen and oxygen atoms in total. The molecule has 1 atom stereocenters. The van der Waals surface area contributed by atoms with Crippen LogP contribution in [0.2, 0.25) is 0 Å². The first-order valence-electron chi connectivity index (χ1n) is 18.5. The van der Waals surface area contributed by atoms with Crippen LogP contribution in [0.15, 0.2) is 66.7 Å². The SMILES string of the molecule is Cc1cc(C(=O)NC2CCC(N(C)C)CC2)ccc1-c1ccc(CC(NC(=O)[C@H]2CC[C@H](CN)CC2)C(=O)Nc2ccc(-c3nn[nH]n3)cc2)cc1. The fourth-order valence-corrected chi connectivity index (χ4v) is 7.57. The van der Waals surface area contributed by atoms with Crippen molar-refractivity contribution in [3.63, 3.8) is 0 Å². The Morgan fingerprint density at radius 1 is 0.885 bits per heavy atom. The average molecular weight is 706 g/mol. The number of aromatic nitrogens is 4. The summed E-state index contributed by atoms with van der Waals surface area (Å²) in [5.41, 5.74) is 11.9. The Morgan fingerprint density at radius 2 is 1.58 bits per heavy atom. The zero-order valence-electron chi connectivity index (χ0n) is 30.4. The first-order chi connectivity index (χ1) is 25.2. The Morgan fingerprint density at radius 3 is 2.19 bits per heavy atom. The fraction of sp³-hybridized carbons (Fsp3) is 0.450. The third-order valence-electron chi connectivity index (χ3n) is 10.9. The van der Waals surface area contributed by atoms with E-state index in [1.54, 1.807) is 24.3 Å². The number of benzene rings is 3. The number of rotatable bonds is 12. The molecule has 2 saturated carbocycles. The number of hydrogen-bond acceptors (Lipinski definition) is 8. The van der Waals surface area contributed by atoms with Gasteiger partial charge in [0.25, 0.3) is 5.91 Å². The number of aryl methyl sites for hydroxylation is 1. The van der Waals surface area contributed by atoms with E-state index in [1.807, 2.05) is 49.4 Å². The van der Waals surface area contributed by atoms with Gasteiger partial charge in [-0.3, -0.25) is 14.4 Å². The van der Waals surface area contributed by atoms with Gasteiger partial charge in [0.2, 0.25) is 17.6 Å². The second-order valence-corrected chi connectivity index (χ2v) is 14.7. The van der Waals surface area contributed by atoms with E-state index in [9.17, 15) is 14.4 Å². The van der Waals surface area contributed by atoms with Crippen molar-refractivity contribution in [1.29, 1.82) is 0 Å². The minimum Gasteiger partial charge on any atom is -0.349 e. The molecule has 2 fully saturated rings. The summed E-state index contributed by atoms with van der Waals surface area (Å²) < 4.78 is 0. The highest BCUT2D eigenvalue weighted by molar-refractivity contribution is 5.98. The first kappa shape index (κ1) is 36.8. The van der Waals surface area contributed by atoms with Crippen molar-refractivity contribution in [3.8, 4) is 22.5 Å². The van der Waals surface area contributed by atoms with Crippen molar-refractivity contribution in [3.05, 3.63) is 83.4 Å². The Labute approximate surface area is 305 Å². The molecule has 52 heavy (non-hydrogen) atoms. The summed E-state index contributed by atoms with van der Waals surface area (Å²) in [4.78, 5) is 42.6. The second-order valence-electron chi connectivity index (χ2n) is 14.7. The van der Waals surface area contributed by atoms with Crippen LogP contribution in [-0.4, -0.2) is 82.0 Å². The monoisotopic (exact) mass is 705 g/mol. The van der Waals surface area contributed by atoms with Gasteiger partial charge in [-0.1, -0.05) is 30.3 Å². The van der Waals surface area contributed by atoms with Gasteiger partial charge in [-0.15, -0.1) is 10.2 Å². The highest BCUT2D eigenvalue weighted by Gasteiger charge is 2.30. The lowest BCUT2D eigenvalue weighted by Crippen LogP contribution is -2.48. The summed E-state index contributed by atoms with van der Waals surface area (Å²) >= 11 is 0. The predicted octanol–water partition coefficient (Wildman–Crippen LogP) is 4.88. The summed E-state index contributed by atoms with van der Waals surface area (Å²) in [5.74, 6) is 0.352. The topological polar surface area (TPSA) is 171 Å². The fourth-order valence-electron chi connectivity index (χ4n) is 7.57. The summed E-state index contributed by atoms with van der Waals surface area (Å²) in [6, 6.07) is 21.1. The molecule has 1 unspecified atom stereocenters. The quantitative estimate of drug-likeness (QED) is 0.139. The summed E-state index contributed by atoms with van der Waals surface area (Å²) in [5, 5.41) is 23.3. The standard InChI is InChI=1S/C40H51N9O3/c1-25-22-31(39(51)42-33-17-19-34(20-18-33)49(2)3)14-21-35(25)28-8-4-26(5-9-28)23-36(44-38(50)30-10-6-27(24-41)7-11-30)40(52)43-32-15-12-29(13-16-32)37-45-47-48-46-37/h4-5,8-9,12-16,21-22,27,30,33-34,36H,6-7,10-11,17-20,23-24,41H2,1-3H3,(H,42,51)(H,43,52)(H,44,50)(H,45,46,47,48)/t27-,30-,33?,34?,36?. The van der Waals surface area contributed by atoms with E-state index in [-0.39, 0.29) is 29.7 Å². The third-order valence-corrected chi connectivity index (χ3v) is 10.9. The van der Waals surface area contributed by atoms with E-state index < -0.39 is 6.04 Å².